The van der Waals surface area contributed by atoms with E-state index in [-0.39, 0.29) is 4.47 Å². The van der Waals surface area contributed by atoms with Gasteiger partial charge in [-0.3, -0.25) is 4.79 Å². The second-order valence-corrected chi connectivity index (χ2v) is 5.86. The molecular weight excluding hydrogens is 398 g/mol. The van der Waals surface area contributed by atoms with Crippen molar-refractivity contribution in [1.29, 1.82) is 0 Å². The van der Waals surface area contributed by atoms with E-state index in [9.17, 15) is 13.6 Å². The average Bonchev–Trinajstić information content (AvgIpc) is 2.75. The molecule has 1 amide bonds. The van der Waals surface area contributed by atoms with Crippen LogP contribution in [0.3, 0.4) is 0 Å². The van der Waals surface area contributed by atoms with Crippen LogP contribution in [-0.2, 0) is 6.54 Å². The summed E-state index contributed by atoms with van der Waals surface area (Å²) in [6.07, 6.45) is 1.73. The summed E-state index contributed by atoms with van der Waals surface area (Å²) in [7, 11) is 0. The van der Waals surface area contributed by atoms with E-state index >= 15 is 0 Å². The van der Waals surface area contributed by atoms with Crippen molar-refractivity contribution >= 4 is 43.5 Å². The van der Waals surface area contributed by atoms with E-state index in [0.717, 1.165) is 16.6 Å². The van der Waals surface area contributed by atoms with Gasteiger partial charge in [-0.05, 0) is 41.1 Å². The number of benzene rings is 1. The number of hydrogen-bond donors (Lipinski definition) is 1. The number of carbonyl (C=O) groups excluding carboxylic acids is 1. The predicted octanol–water partition coefficient (Wildman–Crippen LogP) is 4.56. The molecule has 0 saturated heterocycles. The lowest BCUT2D eigenvalue weighted by Gasteiger charge is -2.09. The van der Waals surface area contributed by atoms with Crippen LogP contribution < -0.4 is 5.32 Å². The van der Waals surface area contributed by atoms with E-state index in [2.05, 4.69) is 37.2 Å². The summed E-state index contributed by atoms with van der Waals surface area (Å²) < 4.78 is 30.0. The van der Waals surface area contributed by atoms with Gasteiger partial charge in [0.15, 0.2) is 11.6 Å². The molecule has 1 aromatic carbocycles. The molecule has 1 aromatic heterocycles. The van der Waals surface area contributed by atoms with Crippen molar-refractivity contribution in [2.24, 2.45) is 0 Å². The van der Waals surface area contributed by atoms with E-state index in [1.54, 1.807) is 16.8 Å². The first-order valence-corrected chi connectivity index (χ1v) is 7.32. The summed E-state index contributed by atoms with van der Waals surface area (Å²) in [6, 6.07) is 3.77. The van der Waals surface area contributed by atoms with Crippen molar-refractivity contribution in [3.63, 3.8) is 0 Å². The second kappa shape index (κ2) is 6.05. The summed E-state index contributed by atoms with van der Waals surface area (Å²) in [6.45, 7) is 2.43. The normalized spacial score (nSPS) is 10.7. The molecule has 0 spiro atoms. The van der Waals surface area contributed by atoms with Gasteiger partial charge < -0.3 is 9.88 Å². The number of anilines is 1. The Morgan fingerprint density at radius 1 is 1.20 bits per heavy atom. The summed E-state index contributed by atoms with van der Waals surface area (Å²) >= 11 is 6.24. The van der Waals surface area contributed by atoms with Gasteiger partial charge in [0.25, 0.3) is 5.91 Å². The van der Waals surface area contributed by atoms with Gasteiger partial charge in [-0.1, -0.05) is 15.9 Å². The lowest BCUT2D eigenvalue weighted by molar-refractivity contribution is 0.101. The molecule has 1 heterocycles. The van der Waals surface area contributed by atoms with Crippen molar-refractivity contribution in [2.75, 3.05) is 5.32 Å². The first-order chi connectivity index (χ1) is 9.42. The number of amides is 1. The quantitative estimate of drug-likeness (QED) is 0.794. The number of halogens is 4. The number of hydrogen-bond acceptors (Lipinski definition) is 1. The second-order valence-electron chi connectivity index (χ2n) is 4.03. The van der Waals surface area contributed by atoms with Crippen LogP contribution in [0.2, 0.25) is 0 Å². The first kappa shape index (κ1) is 15.2. The molecule has 0 atom stereocenters. The minimum Gasteiger partial charge on any atom is -0.343 e. The maximum atomic E-state index is 13.7. The Labute approximate surface area is 131 Å². The zero-order valence-electron chi connectivity index (χ0n) is 10.4. The maximum Gasteiger partial charge on any atom is 0.272 e. The molecule has 20 heavy (non-hydrogen) atoms. The van der Waals surface area contributed by atoms with Crippen LogP contribution in [0.1, 0.15) is 17.4 Å². The minimum atomic E-state index is -0.834. The van der Waals surface area contributed by atoms with E-state index in [0.29, 0.717) is 12.2 Å². The predicted molar refractivity (Wildman–Crippen MR) is 79.8 cm³/mol. The molecule has 0 radical (unpaired) electrons. The molecule has 3 nitrogen and oxygen atoms in total. The molecule has 7 heteroatoms. The fourth-order valence-electron chi connectivity index (χ4n) is 1.77. The van der Waals surface area contributed by atoms with Crippen molar-refractivity contribution in [1.82, 2.24) is 4.57 Å². The summed E-state index contributed by atoms with van der Waals surface area (Å²) in [5, 5.41) is 2.26. The maximum absolute atomic E-state index is 13.7. The van der Waals surface area contributed by atoms with Crippen LogP contribution >= 0.6 is 31.9 Å². The third-order valence-corrected chi connectivity index (χ3v) is 3.57. The summed E-state index contributed by atoms with van der Waals surface area (Å²) in [5.74, 6) is -2.24. The number of aryl methyl sites for hydroxylation is 1. The fourth-order valence-corrected chi connectivity index (χ4v) is 2.63. The average molecular weight is 408 g/mol. The summed E-state index contributed by atoms with van der Waals surface area (Å²) in [4.78, 5) is 12.1. The number of nitrogens with one attached hydrogen (secondary N) is 1. The van der Waals surface area contributed by atoms with Crippen molar-refractivity contribution in [2.45, 2.75) is 13.5 Å². The van der Waals surface area contributed by atoms with Gasteiger partial charge in [0.1, 0.15) is 11.4 Å². The Morgan fingerprint density at radius 3 is 2.35 bits per heavy atom. The Morgan fingerprint density at radius 2 is 1.80 bits per heavy atom. The van der Waals surface area contributed by atoms with Gasteiger partial charge in [0.2, 0.25) is 0 Å². The largest absolute Gasteiger partial charge is 0.343 e. The molecule has 0 aliphatic carbocycles. The third kappa shape index (κ3) is 3.09. The molecular formula is C13H10Br2F2N2O. The number of rotatable bonds is 3. The van der Waals surface area contributed by atoms with E-state index in [4.69, 9.17) is 0 Å². The smallest absolute Gasteiger partial charge is 0.272 e. The molecule has 0 saturated carbocycles. The van der Waals surface area contributed by atoms with E-state index in [1.165, 1.54) is 0 Å². The Bertz CT molecular complexity index is 647. The lowest BCUT2D eigenvalue weighted by atomic mass is 10.2. The van der Waals surface area contributed by atoms with Crippen LogP contribution in [0, 0.1) is 11.6 Å². The van der Waals surface area contributed by atoms with Crippen LogP contribution in [0.15, 0.2) is 33.3 Å². The van der Waals surface area contributed by atoms with Gasteiger partial charge >= 0.3 is 0 Å². The van der Waals surface area contributed by atoms with Crippen LogP contribution in [0.5, 0.6) is 0 Å². The van der Waals surface area contributed by atoms with Crippen LogP contribution in [0.4, 0.5) is 14.5 Å². The highest BCUT2D eigenvalue weighted by atomic mass is 79.9. The van der Waals surface area contributed by atoms with Crippen molar-refractivity contribution < 1.29 is 13.6 Å². The molecule has 1 N–H and O–H groups in total. The summed E-state index contributed by atoms with van der Waals surface area (Å²) in [5.41, 5.74) is -0.140. The topological polar surface area (TPSA) is 34.0 Å². The third-order valence-electron chi connectivity index (χ3n) is 2.68. The molecule has 0 bridgehead atoms. The van der Waals surface area contributed by atoms with Gasteiger partial charge in [-0.15, -0.1) is 0 Å². The molecule has 106 valence electrons. The van der Waals surface area contributed by atoms with Crippen molar-refractivity contribution in [3.05, 3.63) is 50.7 Å². The van der Waals surface area contributed by atoms with Gasteiger partial charge in [-0.25, -0.2) is 8.78 Å². The van der Waals surface area contributed by atoms with Crippen LogP contribution in [0.25, 0.3) is 0 Å². The van der Waals surface area contributed by atoms with Gasteiger partial charge in [0, 0.05) is 21.7 Å². The SMILES string of the molecule is CCn1cc(Br)cc1C(=O)Nc1c(F)cc(Br)cc1F. The number of aromatic nitrogens is 1. The Balaban J connectivity index is 2.32. The fraction of sp³-hybridized carbons (Fsp3) is 0.154. The van der Waals surface area contributed by atoms with Crippen molar-refractivity contribution in [3.8, 4) is 0 Å². The molecule has 0 aliphatic rings. The van der Waals surface area contributed by atoms with E-state index < -0.39 is 23.2 Å². The number of nitrogens with zero attached hydrogens (tertiary/aromatic N) is 1. The number of carbonyl (C=O) groups is 1. The Kier molecular flexibility index (Phi) is 4.59. The van der Waals surface area contributed by atoms with Crippen LogP contribution in [-0.4, -0.2) is 10.5 Å². The van der Waals surface area contributed by atoms with Gasteiger partial charge in [-0.2, -0.15) is 0 Å². The highest BCUT2D eigenvalue weighted by Crippen LogP contribution is 2.25. The van der Waals surface area contributed by atoms with E-state index in [1.807, 2.05) is 6.92 Å². The Hall–Kier alpha value is -1.21. The molecule has 0 fully saturated rings. The first-order valence-electron chi connectivity index (χ1n) is 5.74. The molecule has 2 rings (SSSR count). The molecule has 2 aromatic rings. The standard InChI is InChI=1S/C13H10Br2F2N2O/c1-2-19-6-8(15)5-11(19)13(20)18-12-9(16)3-7(14)4-10(12)17/h3-6H,2H2,1H3,(H,18,20). The zero-order chi connectivity index (χ0) is 14.9. The highest BCUT2D eigenvalue weighted by Gasteiger charge is 2.17. The highest BCUT2D eigenvalue weighted by molar-refractivity contribution is 9.10. The molecule has 0 unspecified atom stereocenters. The monoisotopic (exact) mass is 406 g/mol. The molecule has 0 aliphatic heterocycles. The van der Waals surface area contributed by atoms with Gasteiger partial charge in [0.05, 0.1) is 0 Å². The minimum absolute atomic E-state index is 0.269. The lowest BCUT2D eigenvalue weighted by Crippen LogP contribution is -2.18. The zero-order valence-corrected chi connectivity index (χ0v) is 13.6.